The zero-order chi connectivity index (χ0) is 19.8. The Morgan fingerprint density at radius 1 is 0.429 bits per heavy atom. The van der Waals surface area contributed by atoms with Gasteiger partial charge in [-0.15, -0.1) is 0 Å². The fraction of sp³-hybridized carbons (Fsp3) is 0.111. The average Bonchev–Trinajstić information content (AvgIpc) is 2.71. The molecule has 28 heavy (non-hydrogen) atoms. The van der Waals surface area contributed by atoms with E-state index in [9.17, 15) is 0 Å². The van der Waals surface area contributed by atoms with E-state index >= 15 is 0 Å². The van der Waals surface area contributed by atoms with Crippen molar-refractivity contribution in [3.63, 3.8) is 0 Å². The van der Waals surface area contributed by atoms with Crippen molar-refractivity contribution in [1.82, 2.24) is 0 Å². The van der Waals surface area contributed by atoms with Gasteiger partial charge in [-0.25, -0.2) is 0 Å². The average molecular weight is 464 g/mol. The SMILES string of the molecule is Cc1ccc(C#[C][Sn-]([C]#Cc2ccc(C)cc2)[C]#Cc2ccc(C)cc2)cc1. The zero-order valence-corrected chi connectivity index (χ0v) is 19.3. The molecule has 0 nitrogen and oxygen atoms in total. The third-order valence-electron chi connectivity index (χ3n) is 4.15. The Kier molecular flexibility index (Phi) is 7.03. The molecule has 0 aliphatic carbocycles. The molecule has 134 valence electrons. The molecule has 0 unspecified atom stereocenters. The van der Waals surface area contributed by atoms with Crippen LogP contribution in [0.3, 0.4) is 0 Å². The second-order valence-electron chi connectivity index (χ2n) is 6.72. The maximum absolute atomic E-state index is 3.42. The molecule has 0 amide bonds. The van der Waals surface area contributed by atoms with Crippen molar-refractivity contribution < 1.29 is 0 Å². The molecule has 0 aliphatic heterocycles. The number of aryl methyl sites for hydroxylation is 3. The number of rotatable bonds is 0. The molecular weight excluding hydrogens is 443 g/mol. The van der Waals surface area contributed by atoms with Crippen molar-refractivity contribution in [1.29, 1.82) is 0 Å². The zero-order valence-electron chi connectivity index (χ0n) is 16.4. The van der Waals surface area contributed by atoms with Crippen LogP contribution in [0.5, 0.6) is 0 Å². The minimum atomic E-state index is -2.51. The number of hydrogen-bond donors (Lipinski definition) is 0. The fourth-order valence-corrected chi connectivity index (χ4v) is 5.25. The van der Waals surface area contributed by atoms with Crippen molar-refractivity contribution in [3.8, 4) is 29.6 Å². The van der Waals surface area contributed by atoms with E-state index in [0.29, 0.717) is 0 Å². The van der Waals surface area contributed by atoms with E-state index in [1.807, 2.05) is 0 Å². The van der Waals surface area contributed by atoms with Gasteiger partial charge in [0.15, 0.2) is 0 Å². The minimum absolute atomic E-state index is 1.03. The molecule has 3 aromatic rings. The summed E-state index contributed by atoms with van der Waals surface area (Å²) in [6.07, 6.45) is 0. The molecule has 0 N–H and O–H groups in total. The molecule has 0 radical (unpaired) electrons. The van der Waals surface area contributed by atoms with E-state index in [1.165, 1.54) is 16.7 Å². The molecule has 0 saturated heterocycles. The normalized spacial score (nSPS) is 9.11. The summed E-state index contributed by atoms with van der Waals surface area (Å²) in [7, 11) is 0. The van der Waals surface area contributed by atoms with Crippen LogP contribution < -0.4 is 0 Å². The van der Waals surface area contributed by atoms with Crippen molar-refractivity contribution >= 4 is 19.8 Å². The molecular formula is C27H21Sn-. The molecule has 0 fully saturated rings. The Morgan fingerprint density at radius 2 is 0.679 bits per heavy atom. The molecule has 0 atom stereocenters. The Morgan fingerprint density at radius 3 is 0.929 bits per heavy atom. The molecule has 0 spiro atoms. The summed E-state index contributed by atoms with van der Waals surface area (Å²) in [6, 6.07) is 24.9. The first-order valence-electron chi connectivity index (χ1n) is 9.21. The number of hydrogen-bond acceptors (Lipinski definition) is 0. The third-order valence-corrected chi connectivity index (χ3v) is 7.36. The summed E-state index contributed by atoms with van der Waals surface area (Å²) in [4.78, 5) is 0. The van der Waals surface area contributed by atoms with Crippen molar-refractivity contribution in [2.45, 2.75) is 20.8 Å². The quantitative estimate of drug-likeness (QED) is 0.318. The number of benzene rings is 3. The molecule has 3 aromatic carbocycles. The standard InChI is InChI=1S/3C9H7.Sn/c3*1-3-9-6-4-8(2)5-7-9;/h3*4-7H,2H3;/q;;;-1. The molecule has 1 heteroatoms. The van der Waals surface area contributed by atoms with Gasteiger partial charge in [0.25, 0.3) is 0 Å². The Bertz CT molecular complexity index is 965. The van der Waals surface area contributed by atoms with Crippen LogP contribution in [0, 0.1) is 50.3 Å². The third kappa shape index (κ3) is 6.39. The van der Waals surface area contributed by atoms with Gasteiger partial charge < -0.3 is 0 Å². The molecule has 0 aliphatic rings. The fourth-order valence-electron chi connectivity index (χ4n) is 2.41. The van der Waals surface area contributed by atoms with Gasteiger partial charge in [-0.3, -0.25) is 0 Å². The van der Waals surface area contributed by atoms with E-state index in [4.69, 9.17) is 0 Å². The van der Waals surface area contributed by atoms with Crippen LogP contribution in [-0.4, -0.2) is 19.8 Å². The van der Waals surface area contributed by atoms with Crippen LogP contribution in [0.1, 0.15) is 33.4 Å². The van der Waals surface area contributed by atoms with Gasteiger partial charge in [0, 0.05) is 0 Å². The Labute approximate surface area is 175 Å². The summed E-state index contributed by atoms with van der Waals surface area (Å²) in [6.45, 7) is 6.25. The molecule has 3 rings (SSSR count). The second kappa shape index (κ2) is 9.90. The summed E-state index contributed by atoms with van der Waals surface area (Å²) in [5.41, 5.74) is 6.79. The van der Waals surface area contributed by atoms with Gasteiger partial charge in [-0.2, -0.15) is 0 Å². The molecule has 0 heterocycles. The van der Waals surface area contributed by atoms with Gasteiger partial charge >= 0.3 is 176 Å². The van der Waals surface area contributed by atoms with Gasteiger partial charge in [-0.1, -0.05) is 0 Å². The molecule has 0 bridgehead atoms. The predicted molar refractivity (Wildman–Crippen MR) is 120 cm³/mol. The first-order chi connectivity index (χ1) is 13.6. The summed E-state index contributed by atoms with van der Waals surface area (Å²) < 4.78 is 10.3. The van der Waals surface area contributed by atoms with E-state index in [1.54, 1.807) is 0 Å². The van der Waals surface area contributed by atoms with Crippen LogP contribution in [0.4, 0.5) is 0 Å². The van der Waals surface area contributed by atoms with E-state index < -0.39 is 19.8 Å². The van der Waals surface area contributed by atoms with E-state index in [2.05, 4.69) is 123 Å². The molecule has 0 aromatic heterocycles. The maximum atomic E-state index is 3.42. The summed E-state index contributed by atoms with van der Waals surface area (Å²) in [5.74, 6) is 9.89. The first-order valence-corrected chi connectivity index (χ1v) is 13.5. The van der Waals surface area contributed by atoms with E-state index in [0.717, 1.165) is 16.7 Å². The van der Waals surface area contributed by atoms with Crippen LogP contribution in [0.2, 0.25) is 0 Å². The van der Waals surface area contributed by atoms with Crippen LogP contribution in [-0.2, 0) is 0 Å². The van der Waals surface area contributed by atoms with Crippen LogP contribution >= 0.6 is 0 Å². The predicted octanol–water partition coefficient (Wildman–Crippen LogP) is 5.18. The Hall–Kier alpha value is -2.86. The second-order valence-corrected chi connectivity index (χ2v) is 11.0. The van der Waals surface area contributed by atoms with Gasteiger partial charge in [0.05, 0.1) is 0 Å². The van der Waals surface area contributed by atoms with Gasteiger partial charge in [0.2, 0.25) is 0 Å². The van der Waals surface area contributed by atoms with E-state index in [-0.39, 0.29) is 0 Å². The summed E-state index contributed by atoms with van der Waals surface area (Å²) in [5, 5.41) is 0. The first kappa shape index (κ1) is 19.9. The van der Waals surface area contributed by atoms with Gasteiger partial charge in [-0.05, 0) is 0 Å². The topological polar surface area (TPSA) is 0 Å². The Balaban J connectivity index is 1.89. The summed E-state index contributed by atoms with van der Waals surface area (Å²) >= 11 is -2.51. The van der Waals surface area contributed by atoms with Crippen molar-refractivity contribution in [2.75, 3.05) is 0 Å². The van der Waals surface area contributed by atoms with Crippen LogP contribution in [0.15, 0.2) is 72.8 Å². The molecule has 0 saturated carbocycles. The van der Waals surface area contributed by atoms with Crippen LogP contribution in [0.25, 0.3) is 0 Å². The van der Waals surface area contributed by atoms with Crippen molar-refractivity contribution in [2.24, 2.45) is 0 Å². The van der Waals surface area contributed by atoms with Gasteiger partial charge in [0.1, 0.15) is 0 Å². The van der Waals surface area contributed by atoms with Crippen molar-refractivity contribution in [3.05, 3.63) is 106 Å². The monoisotopic (exact) mass is 465 g/mol.